The Bertz CT molecular complexity index is 440. The Morgan fingerprint density at radius 1 is 1.43 bits per heavy atom. The van der Waals surface area contributed by atoms with Crippen LogP contribution in [0.4, 0.5) is 4.79 Å². The van der Waals surface area contributed by atoms with E-state index in [-0.39, 0.29) is 36.7 Å². The van der Waals surface area contributed by atoms with Crippen molar-refractivity contribution in [3.05, 3.63) is 0 Å². The number of hydrogen-bond donors (Lipinski definition) is 2. The van der Waals surface area contributed by atoms with Gasteiger partial charge in [0.25, 0.3) is 0 Å². The predicted octanol–water partition coefficient (Wildman–Crippen LogP) is 1.47. The van der Waals surface area contributed by atoms with E-state index in [2.05, 4.69) is 26.1 Å². The molecule has 1 heterocycles. The zero-order valence-electron chi connectivity index (χ0n) is 14.2. The third-order valence-electron chi connectivity index (χ3n) is 4.92. The normalized spacial score (nSPS) is 29.7. The standard InChI is InChI=1S/C16H28N2O5/c1-4-5-7-23-13-9-12(16(13,2)3)17-15(21)18-6-8-22-11(10-18)14(19)20/h11-13H,4-10H2,1-3H3,(H,17,21)(H,19,20). The van der Waals surface area contributed by atoms with E-state index in [9.17, 15) is 9.59 Å². The summed E-state index contributed by atoms with van der Waals surface area (Å²) in [5.41, 5.74) is -0.109. The van der Waals surface area contributed by atoms with Crippen LogP contribution in [0.2, 0.25) is 0 Å². The largest absolute Gasteiger partial charge is 0.479 e. The quantitative estimate of drug-likeness (QED) is 0.721. The van der Waals surface area contributed by atoms with Gasteiger partial charge in [-0.15, -0.1) is 0 Å². The first-order valence-corrected chi connectivity index (χ1v) is 8.37. The number of rotatable bonds is 6. The van der Waals surface area contributed by atoms with E-state index in [1.54, 1.807) is 0 Å². The molecule has 23 heavy (non-hydrogen) atoms. The minimum Gasteiger partial charge on any atom is -0.479 e. The average Bonchev–Trinajstić information content (AvgIpc) is 2.53. The molecule has 0 aromatic carbocycles. The van der Waals surface area contributed by atoms with E-state index in [0.717, 1.165) is 25.9 Å². The molecule has 0 spiro atoms. The van der Waals surface area contributed by atoms with Crippen molar-refractivity contribution in [2.24, 2.45) is 5.41 Å². The first-order valence-electron chi connectivity index (χ1n) is 8.37. The Hall–Kier alpha value is -1.34. The number of carboxylic acids is 1. The fraction of sp³-hybridized carbons (Fsp3) is 0.875. The third-order valence-corrected chi connectivity index (χ3v) is 4.92. The predicted molar refractivity (Wildman–Crippen MR) is 84.3 cm³/mol. The number of carboxylic acid groups (broad SMARTS) is 1. The molecule has 3 atom stereocenters. The molecule has 2 rings (SSSR count). The summed E-state index contributed by atoms with van der Waals surface area (Å²) in [5, 5.41) is 12.0. The molecule has 0 aromatic rings. The molecule has 0 radical (unpaired) electrons. The molecule has 7 heteroatoms. The maximum Gasteiger partial charge on any atom is 0.334 e. The first-order chi connectivity index (χ1) is 10.9. The Balaban J connectivity index is 1.81. The number of ether oxygens (including phenoxy) is 2. The van der Waals surface area contributed by atoms with Crippen LogP contribution in [-0.2, 0) is 14.3 Å². The number of carbonyl (C=O) groups excluding carboxylic acids is 1. The summed E-state index contributed by atoms with van der Waals surface area (Å²) in [5.74, 6) is -1.03. The van der Waals surface area contributed by atoms with Crippen LogP contribution in [0, 0.1) is 5.41 Å². The van der Waals surface area contributed by atoms with Gasteiger partial charge in [-0.3, -0.25) is 0 Å². The van der Waals surface area contributed by atoms with Gasteiger partial charge in [0.2, 0.25) is 0 Å². The monoisotopic (exact) mass is 328 g/mol. The second kappa shape index (κ2) is 7.49. The topological polar surface area (TPSA) is 88.1 Å². The Morgan fingerprint density at radius 2 is 2.17 bits per heavy atom. The summed E-state index contributed by atoms with van der Waals surface area (Å²) in [6, 6.07) is -0.169. The summed E-state index contributed by atoms with van der Waals surface area (Å²) in [4.78, 5) is 24.9. The van der Waals surface area contributed by atoms with Crippen molar-refractivity contribution in [2.45, 2.75) is 58.3 Å². The fourth-order valence-electron chi connectivity index (χ4n) is 3.01. The lowest BCUT2D eigenvalue weighted by Gasteiger charge is -2.52. The first kappa shape index (κ1) is 18.0. The summed E-state index contributed by atoms with van der Waals surface area (Å²) in [7, 11) is 0. The molecule has 1 aliphatic carbocycles. The van der Waals surface area contributed by atoms with Crippen molar-refractivity contribution < 1.29 is 24.2 Å². The summed E-state index contributed by atoms with van der Waals surface area (Å²) in [6.45, 7) is 7.83. The van der Waals surface area contributed by atoms with Gasteiger partial charge in [-0.05, 0) is 12.8 Å². The number of unbranched alkanes of at least 4 members (excludes halogenated alkanes) is 1. The number of aliphatic carboxylic acids is 1. The van der Waals surface area contributed by atoms with Crippen LogP contribution in [0.25, 0.3) is 0 Å². The van der Waals surface area contributed by atoms with Gasteiger partial charge < -0.3 is 24.8 Å². The molecule has 132 valence electrons. The molecule has 1 saturated heterocycles. The van der Waals surface area contributed by atoms with Crippen molar-refractivity contribution in [3.63, 3.8) is 0 Å². The second-order valence-electron chi connectivity index (χ2n) is 6.92. The summed E-state index contributed by atoms with van der Waals surface area (Å²) >= 11 is 0. The molecule has 1 saturated carbocycles. The lowest BCUT2D eigenvalue weighted by atomic mass is 9.64. The number of hydrogen-bond acceptors (Lipinski definition) is 4. The number of nitrogens with one attached hydrogen (secondary N) is 1. The maximum absolute atomic E-state index is 12.3. The molecular formula is C16H28N2O5. The van der Waals surface area contributed by atoms with E-state index in [1.165, 1.54) is 4.90 Å². The fourth-order valence-corrected chi connectivity index (χ4v) is 3.01. The van der Waals surface area contributed by atoms with Gasteiger partial charge in [-0.1, -0.05) is 27.2 Å². The van der Waals surface area contributed by atoms with Crippen molar-refractivity contribution >= 4 is 12.0 Å². The van der Waals surface area contributed by atoms with Crippen LogP contribution < -0.4 is 5.32 Å². The van der Waals surface area contributed by atoms with Crippen molar-refractivity contribution in [1.29, 1.82) is 0 Å². The minimum atomic E-state index is -1.03. The maximum atomic E-state index is 12.3. The second-order valence-corrected chi connectivity index (χ2v) is 6.92. The van der Waals surface area contributed by atoms with E-state index in [1.807, 2.05) is 0 Å². The van der Waals surface area contributed by atoms with Crippen LogP contribution in [0.5, 0.6) is 0 Å². The molecule has 2 aliphatic rings. The molecule has 2 N–H and O–H groups in total. The van der Waals surface area contributed by atoms with Crippen LogP contribution in [0.15, 0.2) is 0 Å². The van der Waals surface area contributed by atoms with Crippen molar-refractivity contribution in [2.75, 3.05) is 26.3 Å². The lowest BCUT2D eigenvalue weighted by molar-refractivity contribution is -0.154. The molecular weight excluding hydrogens is 300 g/mol. The Labute approximate surface area is 137 Å². The highest BCUT2D eigenvalue weighted by Gasteiger charge is 2.50. The van der Waals surface area contributed by atoms with Gasteiger partial charge in [0.1, 0.15) is 0 Å². The number of carbonyl (C=O) groups is 2. The van der Waals surface area contributed by atoms with Crippen LogP contribution >= 0.6 is 0 Å². The molecule has 1 aliphatic heterocycles. The Morgan fingerprint density at radius 3 is 2.78 bits per heavy atom. The average molecular weight is 328 g/mol. The van der Waals surface area contributed by atoms with E-state index in [4.69, 9.17) is 14.6 Å². The number of morpholine rings is 1. The van der Waals surface area contributed by atoms with Crippen LogP contribution in [0.3, 0.4) is 0 Å². The summed E-state index contributed by atoms with van der Waals surface area (Å²) in [6.07, 6.45) is 2.18. The van der Waals surface area contributed by atoms with E-state index in [0.29, 0.717) is 6.54 Å². The molecule has 0 aromatic heterocycles. The van der Waals surface area contributed by atoms with Gasteiger partial charge in [-0.25, -0.2) is 9.59 Å². The van der Waals surface area contributed by atoms with Crippen LogP contribution in [0.1, 0.15) is 40.0 Å². The highest BCUT2D eigenvalue weighted by atomic mass is 16.5. The Kier molecular flexibility index (Phi) is 5.86. The molecule has 3 unspecified atom stereocenters. The van der Waals surface area contributed by atoms with Gasteiger partial charge in [0, 0.05) is 24.6 Å². The van der Waals surface area contributed by atoms with E-state index >= 15 is 0 Å². The number of nitrogens with zero attached hydrogens (tertiary/aromatic N) is 1. The summed E-state index contributed by atoms with van der Waals surface area (Å²) < 4.78 is 11.0. The molecule has 2 amide bonds. The minimum absolute atomic E-state index is 0.0488. The number of urea groups is 1. The molecule has 0 bridgehead atoms. The molecule has 2 fully saturated rings. The number of amides is 2. The molecule has 7 nitrogen and oxygen atoms in total. The van der Waals surface area contributed by atoms with Crippen molar-refractivity contribution in [3.8, 4) is 0 Å². The smallest absolute Gasteiger partial charge is 0.334 e. The lowest BCUT2D eigenvalue weighted by Crippen LogP contribution is -2.64. The van der Waals surface area contributed by atoms with Gasteiger partial charge in [0.05, 0.1) is 19.3 Å². The van der Waals surface area contributed by atoms with E-state index < -0.39 is 12.1 Å². The van der Waals surface area contributed by atoms with Crippen LogP contribution in [-0.4, -0.2) is 66.6 Å². The van der Waals surface area contributed by atoms with Gasteiger partial charge in [-0.2, -0.15) is 0 Å². The highest BCUT2D eigenvalue weighted by molar-refractivity contribution is 5.77. The highest BCUT2D eigenvalue weighted by Crippen LogP contribution is 2.42. The zero-order valence-corrected chi connectivity index (χ0v) is 14.2. The van der Waals surface area contributed by atoms with Gasteiger partial charge >= 0.3 is 12.0 Å². The zero-order chi connectivity index (χ0) is 17.0. The third kappa shape index (κ3) is 4.14. The van der Waals surface area contributed by atoms with Crippen molar-refractivity contribution in [1.82, 2.24) is 10.2 Å². The van der Waals surface area contributed by atoms with Gasteiger partial charge in [0.15, 0.2) is 6.10 Å². The SMILES string of the molecule is CCCCOC1CC(NC(=O)N2CCOC(C(=O)O)C2)C1(C)C.